The zero-order valence-electron chi connectivity index (χ0n) is 30.7. The van der Waals surface area contributed by atoms with E-state index in [0.717, 1.165) is 17.1 Å². The summed E-state index contributed by atoms with van der Waals surface area (Å²) in [6, 6.07) is 64.5. The van der Waals surface area contributed by atoms with Crippen molar-refractivity contribution in [2.75, 3.05) is 4.90 Å². The first-order valence-electron chi connectivity index (χ1n) is 19.0. The quantitative estimate of drug-likeness (QED) is 0.166. The molecule has 0 amide bonds. The number of rotatable bonds is 5. The average molecular weight is 704 g/mol. The fourth-order valence-corrected chi connectivity index (χ4v) is 9.24. The number of hydrogen-bond donors (Lipinski definition) is 0. The SMILES string of the molecule is CC1(C)c2ccccc2-c2cc(N(c3ccc(-c4cc5ccc(-n6c7ccccc7c7ccccc76)cc5c5ccccc45)cc3)c3cccnc3)ccc21. The highest BCUT2D eigenvalue weighted by Crippen LogP contribution is 2.50. The molecule has 0 N–H and O–H groups in total. The molecular weight excluding hydrogens is 667 g/mol. The van der Waals surface area contributed by atoms with Gasteiger partial charge in [-0.05, 0) is 122 Å². The number of aromatic nitrogens is 2. The van der Waals surface area contributed by atoms with Gasteiger partial charge < -0.3 is 9.47 Å². The summed E-state index contributed by atoms with van der Waals surface area (Å²) >= 11 is 0. The molecule has 11 rings (SSSR count). The standard InChI is InChI=1S/C52H37N3/c1-52(2)48-18-8-5-15-42(48)47-32-37(27-28-49(47)52)54(39-12-11-29-53-33-39)36-24-21-34(22-25-36)45-30-35-23-26-38(31-46(35)41-14-4-3-13-40(41)45)55-50-19-9-6-16-43(50)44-17-7-10-20-51(44)55/h3-33H,1-2H3. The van der Waals surface area contributed by atoms with Gasteiger partial charge >= 0.3 is 0 Å². The van der Waals surface area contributed by atoms with Gasteiger partial charge in [0.1, 0.15) is 0 Å². The maximum absolute atomic E-state index is 4.53. The van der Waals surface area contributed by atoms with Crippen LogP contribution in [0.5, 0.6) is 0 Å². The first kappa shape index (κ1) is 31.5. The number of nitrogens with zero attached hydrogens (tertiary/aromatic N) is 3. The van der Waals surface area contributed by atoms with E-state index in [1.165, 1.54) is 82.4 Å². The Morgan fingerprint density at radius 1 is 0.455 bits per heavy atom. The summed E-state index contributed by atoms with van der Waals surface area (Å²) in [6.45, 7) is 4.66. The van der Waals surface area contributed by atoms with Crippen molar-refractivity contribution in [3.8, 4) is 27.9 Å². The lowest BCUT2D eigenvalue weighted by Gasteiger charge is -2.27. The Labute approximate surface area is 320 Å². The average Bonchev–Trinajstić information content (AvgIpc) is 3.69. The Morgan fingerprint density at radius 2 is 1.11 bits per heavy atom. The normalized spacial score (nSPS) is 13.1. The molecular formula is C52H37N3. The van der Waals surface area contributed by atoms with E-state index in [2.05, 4.69) is 198 Å². The van der Waals surface area contributed by atoms with E-state index in [9.17, 15) is 0 Å². The summed E-state index contributed by atoms with van der Waals surface area (Å²) in [7, 11) is 0. The molecule has 0 atom stereocenters. The van der Waals surface area contributed by atoms with Crippen LogP contribution < -0.4 is 4.90 Å². The molecule has 0 fully saturated rings. The van der Waals surface area contributed by atoms with E-state index in [0.29, 0.717) is 0 Å². The Bertz CT molecular complexity index is 3060. The minimum absolute atomic E-state index is 0.0412. The van der Waals surface area contributed by atoms with Crippen LogP contribution in [0.25, 0.3) is 71.3 Å². The molecule has 0 unspecified atom stereocenters. The predicted molar refractivity (Wildman–Crippen MR) is 231 cm³/mol. The van der Waals surface area contributed by atoms with E-state index in [1.807, 2.05) is 18.5 Å². The van der Waals surface area contributed by atoms with E-state index in [-0.39, 0.29) is 5.41 Å². The Hall–Kier alpha value is -6.97. The molecule has 0 bridgehead atoms. The van der Waals surface area contributed by atoms with Crippen LogP contribution in [0.1, 0.15) is 25.0 Å². The molecule has 1 aliphatic rings. The molecule has 10 aromatic rings. The molecule has 1 aliphatic carbocycles. The second-order valence-electron chi connectivity index (χ2n) is 15.2. The fourth-order valence-electron chi connectivity index (χ4n) is 9.24. The van der Waals surface area contributed by atoms with Crippen LogP contribution in [-0.4, -0.2) is 9.55 Å². The lowest BCUT2D eigenvalue weighted by atomic mass is 9.82. The second kappa shape index (κ2) is 12.0. The van der Waals surface area contributed by atoms with Crippen LogP contribution >= 0.6 is 0 Å². The molecule has 8 aromatic carbocycles. The molecule has 55 heavy (non-hydrogen) atoms. The first-order valence-corrected chi connectivity index (χ1v) is 19.0. The van der Waals surface area contributed by atoms with Crippen LogP contribution in [0.3, 0.4) is 0 Å². The van der Waals surface area contributed by atoms with Crippen molar-refractivity contribution in [3.63, 3.8) is 0 Å². The summed E-state index contributed by atoms with van der Waals surface area (Å²) in [5.74, 6) is 0. The third-order valence-corrected chi connectivity index (χ3v) is 11.8. The van der Waals surface area contributed by atoms with E-state index in [4.69, 9.17) is 0 Å². The van der Waals surface area contributed by atoms with Crippen molar-refractivity contribution in [1.29, 1.82) is 0 Å². The number of pyridine rings is 1. The Morgan fingerprint density at radius 3 is 1.85 bits per heavy atom. The van der Waals surface area contributed by atoms with Gasteiger partial charge in [0.2, 0.25) is 0 Å². The number of anilines is 3. The predicted octanol–water partition coefficient (Wildman–Crippen LogP) is 13.9. The monoisotopic (exact) mass is 703 g/mol. The van der Waals surface area contributed by atoms with Crippen LogP contribution in [-0.2, 0) is 5.41 Å². The molecule has 3 nitrogen and oxygen atoms in total. The van der Waals surface area contributed by atoms with Gasteiger partial charge in [0, 0.05) is 39.4 Å². The minimum Gasteiger partial charge on any atom is -0.309 e. The topological polar surface area (TPSA) is 21.1 Å². The maximum Gasteiger partial charge on any atom is 0.0644 e. The molecule has 2 aromatic heterocycles. The highest BCUT2D eigenvalue weighted by molar-refractivity contribution is 6.15. The van der Waals surface area contributed by atoms with Gasteiger partial charge in [-0.3, -0.25) is 4.98 Å². The fraction of sp³-hybridized carbons (Fsp3) is 0.0577. The Balaban J connectivity index is 1.03. The summed E-state index contributed by atoms with van der Waals surface area (Å²) < 4.78 is 2.40. The number of para-hydroxylation sites is 2. The second-order valence-corrected chi connectivity index (χ2v) is 15.2. The summed E-state index contributed by atoms with van der Waals surface area (Å²) in [5.41, 5.74) is 14.6. The highest BCUT2D eigenvalue weighted by Gasteiger charge is 2.35. The zero-order valence-corrected chi connectivity index (χ0v) is 30.7. The van der Waals surface area contributed by atoms with Gasteiger partial charge in [0.05, 0.1) is 22.9 Å². The highest BCUT2D eigenvalue weighted by atomic mass is 15.1. The number of fused-ring (bicyclic) bond motifs is 9. The Kier molecular flexibility index (Phi) is 6.90. The lowest BCUT2D eigenvalue weighted by molar-refractivity contribution is 0.660. The van der Waals surface area contributed by atoms with E-state index < -0.39 is 0 Å². The van der Waals surface area contributed by atoms with Crippen LogP contribution in [0.2, 0.25) is 0 Å². The third kappa shape index (κ3) is 4.79. The molecule has 2 heterocycles. The van der Waals surface area contributed by atoms with Gasteiger partial charge in [-0.25, -0.2) is 0 Å². The van der Waals surface area contributed by atoms with Gasteiger partial charge in [-0.1, -0.05) is 123 Å². The van der Waals surface area contributed by atoms with Gasteiger partial charge in [0.25, 0.3) is 0 Å². The summed E-state index contributed by atoms with van der Waals surface area (Å²) in [6.07, 6.45) is 3.78. The number of benzene rings is 8. The molecule has 0 radical (unpaired) electrons. The third-order valence-electron chi connectivity index (χ3n) is 11.8. The largest absolute Gasteiger partial charge is 0.309 e. The lowest BCUT2D eigenvalue weighted by Crippen LogP contribution is -2.15. The smallest absolute Gasteiger partial charge is 0.0644 e. The first-order chi connectivity index (χ1) is 27.0. The summed E-state index contributed by atoms with van der Waals surface area (Å²) in [5, 5.41) is 7.51. The molecule has 0 saturated carbocycles. The van der Waals surface area contributed by atoms with Crippen molar-refractivity contribution in [2.45, 2.75) is 19.3 Å². The van der Waals surface area contributed by atoms with Crippen molar-refractivity contribution in [3.05, 3.63) is 199 Å². The molecule has 0 saturated heterocycles. The summed E-state index contributed by atoms with van der Waals surface area (Å²) in [4.78, 5) is 6.84. The molecule has 3 heteroatoms. The van der Waals surface area contributed by atoms with Gasteiger partial charge in [-0.2, -0.15) is 0 Å². The number of hydrogen-bond acceptors (Lipinski definition) is 2. The van der Waals surface area contributed by atoms with E-state index >= 15 is 0 Å². The molecule has 0 spiro atoms. The van der Waals surface area contributed by atoms with Crippen molar-refractivity contribution in [1.82, 2.24) is 9.55 Å². The van der Waals surface area contributed by atoms with Crippen LogP contribution in [0, 0.1) is 0 Å². The van der Waals surface area contributed by atoms with Crippen LogP contribution in [0.15, 0.2) is 188 Å². The van der Waals surface area contributed by atoms with E-state index in [1.54, 1.807) is 0 Å². The molecule has 0 aliphatic heterocycles. The van der Waals surface area contributed by atoms with Crippen LogP contribution in [0.4, 0.5) is 17.1 Å². The maximum atomic E-state index is 4.53. The molecule has 260 valence electrons. The van der Waals surface area contributed by atoms with Gasteiger partial charge in [-0.15, -0.1) is 0 Å². The van der Waals surface area contributed by atoms with Crippen molar-refractivity contribution < 1.29 is 0 Å². The minimum atomic E-state index is -0.0412. The van der Waals surface area contributed by atoms with Crippen molar-refractivity contribution >= 4 is 60.4 Å². The van der Waals surface area contributed by atoms with Crippen molar-refractivity contribution in [2.24, 2.45) is 0 Å². The zero-order chi connectivity index (χ0) is 36.7. The van der Waals surface area contributed by atoms with Gasteiger partial charge in [0.15, 0.2) is 0 Å².